The van der Waals surface area contributed by atoms with E-state index in [1.807, 2.05) is 13.1 Å². The van der Waals surface area contributed by atoms with Crippen LogP contribution in [0.15, 0.2) is 36.5 Å². The van der Waals surface area contributed by atoms with Crippen LogP contribution in [-0.2, 0) is 35.5 Å². The summed E-state index contributed by atoms with van der Waals surface area (Å²) in [5, 5.41) is 1.36. The molecule has 3 aromatic rings. The standard InChI is InChI=1S/C40H62N3O2/c1-5-6-7-8-9-10-11-12-13-14-15-16-17-18-19-20-40(44)45-32-43(4)28-26-39-37(31-43)36-29-33(2)21-24-38(36)42(39)27-25-35-23-22-34(3)41-30-35/h21-24,29-30H,5-20,25-28,31-32H2,1-4H3/q+1. The van der Waals surface area contributed by atoms with Crippen molar-refractivity contribution in [3.05, 3.63) is 64.6 Å². The van der Waals surface area contributed by atoms with Gasteiger partial charge >= 0.3 is 5.97 Å². The van der Waals surface area contributed by atoms with E-state index in [2.05, 4.69) is 60.8 Å². The number of likely N-dealkylation sites (N-methyl/N-ethyl adjacent to an activating group) is 1. The largest absolute Gasteiger partial charge is 0.415 e. The predicted octanol–water partition coefficient (Wildman–Crippen LogP) is 10.2. The topological polar surface area (TPSA) is 44.1 Å². The third kappa shape index (κ3) is 11.3. The number of carbonyl (C=O) groups is 1. The number of hydrogen-bond acceptors (Lipinski definition) is 3. The first kappa shape index (κ1) is 35.2. The normalized spacial score (nSPS) is 16.3. The van der Waals surface area contributed by atoms with Gasteiger partial charge in [0.1, 0.15) is 6.54 Å². The first-order valence-corrected chi connectivity index (χ1v) is 18.4. The van der Waals surface area contributed by atoms with Crippen molar-refractivity contribution in [2.45, 2.75) is 149 Å². The van der Waals surface area contributed by atoms with Crippen molar-refractivity contribution in [2.24, 2.45) is 0 Å². The minimum absolute atomic E-state index is 0.0279. The Morgan fingerprint density at radius 1 is 0.867 bits per heavy atom. The van der Waals surface area contributed by atoms with Crippen LogP contribution in [0.4, 0.5) is 0 Å². The van der Waals surface area contributed by atoms with Crippen LogP contribution in [0.2, 0.25) is 0 Å². The summed E-state index contributed by atoms with van der Waals surface area (Å²) in [6, 6.07) is 11.2. The molecule has 0 aliphatic carbocycles. The van der Waals surface area contributed by atoms with Crippen molar-refractivity contribution in [1.82, 2.24) is 9.55 Å². The van der Waals surface area contributed by atoms with Crippen molar-refractivity contribution >= 4 is 16.9 Å². The number of benzene rings is 1. The summed E-state index contributed by atoms with van der Waals surface area (Å²) >= 11 is 0. The van der Waals surface area contributed by atoms with Gasteiger partial charge in [0.2, 0.25) is 6.73 Å². The number of fused-ring (bicyclic) bond motifs is 3. The van der Waals surface area contributed by atoms with Crippen LogP contribution in [0.5, 0.6) is 0 Å². The fourth-order valence-corrected chi connectivity index (χ4v) is 7.08. The monoisotopic (exact) mass is 616 g/mol. The Balaban J connectivity index is 1.14. The lowest BCUT2D eigenvalue weighted by molar-refractivity contribution is -0.940. The Kier molecular flexibility index (Phi) is 14.5. The Hall–Kier alpha value is -2.66. The molecule has 0 radical (unpaired) electrons. The lowest BCUT2D eigenvalue weighted by Gasteiger charge is -2.37. The number of hydrogen-bond donors (Lipinski definition) is 0. The van der Waals surface area contributed by atoms with Gasteiger partial charge in [0.05, 0.1) is 13.6 Å². The molecule has 45 heavy (non-hydrogen) atoms. The van der Waals surface area contributed by atoms with E-state index in [9.17, 15) is 4.79 Å². The van der Waals surface area contributed by atoms with E-state index in [1.54, 1.807) is 0 Å². The van der Waals surface area contributed by atoms with Gasteiger partial charge in [0, 0.05) is 53.4 Å². The van der Waals surface area contributed by atoms with Gasteiger partial charge in [-0.2, -0.15) is 0 Å². The maximum absolute atomic E-state index is 12.7. The van der Waals surface area contributed by atoms with Gasteiger partial charge < -0.3 is 9.30 Å². The van der Waals surface area contributed by atoms with Crippen LogP contribution in [0, 0.1) is 13.8 Å². The van der Waals surface area contributed by atoms with Gasteiger partial charge in [-0.3, -0.25) is 14.3 Å². The molecule has 2 aromatic heterocycles. The quantitative estimate of drug-likeness (QED) is 0.0679. The zero-order chi connectivity index (χ0) is 31.9. The molecule has 1 aliphatic heterocycles. The summed E-state index contributed by atoms with van der Waals surface area (Å²) in [6.45, 7) is 9.81. The number of esters is 1. The fraction of sp³-hybridized carbons (Fsp3) is 0.650. The molecule has 5 heteroatoms. The Morgan fingerprint density at radius 2 is 1.51 bits per heavy atom. The van der Waals surface area contributed by atoms with E-state index >= 15 is 0 Å². The molecule has 4 rings (SSSR count). The SMILES string of the molecule is CCCCCCCCCCCCCCCCCC(=O)OC[N+]1(C)CCc2c(c3cc(C)ccc3n2CCc2ccc(C)nc2)C1. The molecule has 1 aromatic carbocycles. The van der Waals surface area contributed by atoms with Crippen molar-refractivity contribution in [2.75, 3.05) is 20.3 Å². The second-order valence-corrected chi connectivity index (χ2v) is 14.3. The number of carbonyl (C=O) groups excluding carboxylic acids is 1. The minimum Gasteiger partial charge on any atom is -0.415 e. The van der Waals surface area contributed by atoms with E-state index in [1.165, 1.54) is 117 Å². The summed E-state index contributed by atoms with van der Waals surface area (Å²) in [7, 11) is 2.25. The average Bonchev–Trinajstić information content (AvgIpc) is 3.33. The summed E-state index contributed by atoms with van der Waals surface area (Å²) in [5.74, 6) is -0.0279. The number of aromatic nitrogens is 2. The molecule has 0 amide bonds. The second kappa shape index (κ2) is 18.5. The number of aryl methyl sites for hydroxylation is 4. The molecule has 1 aliphatic rings. The molecule has 248 valence electrons. The molecule has 3 heterocycles. The smallest absolute Gasteiger partial charge is 0.310 e. The minimum atomic E-state index is -0.0279. The Labute approximate surface area is 274 Å². The molecule has 1 atom stereocenters. The van der Waals surface area contributed by atoms with Crippen molar-refractivity contribution in [3.8, 4) is 0 Å². The molecular weight excluding hydrogens is 554 g/mol. The van der Waals surface area contributed by atoms with Gasteiger partial charge in [0.25, 0.3) is 0 Å². The van der Waals surface area contributed by atoms with E-state index in [0.29, 0.717) is 13.2 Å². The first-order chi connectivity index (χ1) is 21.9. The number of quaternary nitrogens is 1. The zero-order valence-electron chi connectivity index (χ0n) is 29.2. The molecule has 1 unspecified atom stereocenters. The van der Waals surface area contributed by atoms with E-state index in [0.717, 1.165) is 55.5 Å². The summed E-state index contributed by atoms with van der Waals surface area (Å²) in [6.07, 6.45) is 24.6. The van der Waals surface area contributed by atoms with Crippen molar-refractivity contribution in [1.29, 1.82) is 0 Å². The molecule has 0 bridgehead atoms. The lowest BCUT2D eigenvalue weighted by Crippen LogP contribution is -2.49. The van der Waals surface area contributed by atoms with Crippen molar-refractivity contribution < 1.29 is 14.0 Å². The van der Waals surface area contributed by atoms with Gasteiger partial charge in [-0.1, -0.05) is 115 Å². The fourth-order valence-electron chi connectivity index (χ4n) is 7.08. The molecule has 5 nitrogen and oxygen atoms in total. The molecule has 0 spiro atoms. The maximum atomic E-state index is 12.7. The van der Waals surface area contributed by atoms with Crippen LogP contribution in [0.25, 0.3) is 10.9 Å². The van der Waals surface area contributed by atoms with Crippen LogP contribution < -0.4 is 0 Å². The molecule has 0 fully saturated rings. The first-order valence-electron chi connectivity index (χ1n) is 18.4. The van der Waals surface area contributed by atoms with Gasteiger partial charge in [-0.25, -0.2) is 0 Å². The highest BCUT2D eigenvalue weighted by atomic mass is 16.5. The highest BCUT2D eigenvalue weighted by molar-refractivity contribution is 5.86. The second-order valence-electron chi connectivity index (χ2n) is 14.3. The third-order valence-electron chi connectivity index (χ3n) is 9.99. The summed E-state index contributed by atoms with van der Waals surface area (Å²) < 4.78 is 9.19. The predicted molar refractivity (Wildman–Crippen MR) is 188 cm³/mol. The molecular formula is C40H62N3O2+. The number of pyridine rings is 1. The maximum Gasteiger partial charge on any atom is 0.310 e. The number of unbranched alkanes of at least 4 members (excludes halogenated alkanes) is 14. The van der Waals surface area contributed by atoms with Crippen LogP contribution in [0.1, 0.15) is 138 Å². The van der Waals surface area contributed by atoms with Gasteiger partial charge in [-0.15, -0.1) is 0 Å². The number of rotatable bonds is 21. The number of nitrogens with zero attached hydrogens (tertiary/aromatic N) is 3. The Bertz CT molecular complexity index is 1310. The van der Waals surface area contributed by atoms with E-state index in [4.69, 9.17) is 4.74 Å². The van der Waals surface area contributed by atoms with Gasteiger partial charge in [-0.05, 0) is 50.5 Å². The molecule has 0 saturated carbocycles. The highest BCUT2D eigenvalue weighted by Gasteiger charge is 2.34. The summed E-state index contributed by atoms with van der Waals surface area (Å²) in [4.78, 5) is 17.2. The zero-order valence-corrected chi connectivity index (χ0v) is 29.2. The number of ether oxygens (including phenoxy) is 1. The molecule has 0 N–H and O–H groups in total. The highest BCUT2D eigenvalue weighted by Crippen LogP contribution is 2.34. The Morgan fingerprint density at radius 3 is 2.13 bits per heavy atom. The van der Waals surface area contributed by atoms with E-state index < -0.39 is 0 Å². The molecule has 0 saturated heterocycles. The van der Waals surface area contributed by atoms with Crippen molar-refractivity contribution in [3.63, 3.8) is 0 Å². The third-order valence-corrected chi connectivity index (χ3v) is 9.99. The van der Waals surface area contributed by atoms with Crippen LogP contribution in [0.3, 0.4) is 0 Å². The summed E-state index contributed by atoms with van der Waals surface area (Å²) in [5.41, 5.74) is 7.84. The van der Waals surface area contributed by atoms with Crippen LogP contribution >= 0.6 is 0 Å². The van der Waals surface area contributed by atoms with E-state index in [-0.39, 0.29) is 5.97 Å². The average molecular weight is 617 g/mol. The lowest BCUT2D eigenvalue weighted by atomic mass is 10.0. The van der Waals surface area contributed by atoms with Crippen LogP contribution in [-0.4, -0.2) is 40.3 Å². The van der Waals surface area contributed by atoms with Gasteiger partial charge in [0.15, 0.2) is 0 Å².